The molecular formula is C21H23NO4. The molecular weight excluding hydrogens is 330 g/mol. The number of nitrogens with zero attached hydrogens (tertiary/aromatic N) is 1. The lowest BCUT2D eigenvalue weighted by Crippen LogP contribution is -2.25. The zero-order valence-electron chi connectivity index (χ0n) is 14.9. The molecule has 0 saturated carbocycles. The van der Waals surface area contributed by atoms with E-state index in [4.69, 9.17) is 9.47 Å². The molecule has 1 heterocycles. The zero-order chi connectivity index (χ0) is 18.4. The fraction of sp³-hybridized carbons (Fsp3) is 0.333. The number of carbonyl (C=O) groups excluding carboxylic acids is 2. The van der Waals surface area contributed by atoms with E-state index in [1.165, 1.54) is 0 Å². The summed E-state index contributed by atoms with van der Waals surface area (Å²) in [5.74, 6) is 0.172. The Balaban J connectivity index is 1.50. The Kier molecular flexibility index (Phi) is 6.02. The molecule has 0 radical (unpaired) electrons. The first-order valence-corrected chi connectivity index (χ1v) is 8.81. The van der Waals surface area contributed by atoms with E-state index in [0.717, 1.165) is 29.7 Å². The SMILES string of the molecule is COCC1CN(c2ccc(CCCC(=O)c3ccccc3)cc2)C(=O)O1. The second kappa shape index (κ2) is 8.63. The zero-order valence-corrected chi connectivity index (χ0v) is 14.9. The van der Waals surface area contributed by atoms with E-state index in [-0.39, 0.29) is 18.0 Å². The van der Waals surface area contributed by atoms with Gasteiger partial charge in [0.1, 0.15) is 6.10 Å². The van der Waals surface area contributed by atoms with Crippen molar-refractivity contribution < 1.29 is 19.1 Å². The van der Waals surface area contributed by atoms with Crippen LogP contribution < -0.4 is 4.90 Å². The van der Waals surface area contributed by atoms with Crippen LogP contribution in [-0.2, 0) is 15.9 Å². The van der Waals surface area contributed by atoms with E-state index in [9.17, 15) is 9.59 Å². The molecule has 3 rings (SSSR count). The number of hydrogen-bond donors (Lipinski definition) is 0. The Morgan fingerprint density at radius 2 is 1.88 bits per heavy atom. The summed E-state index contributed by atoms with van der Waals surface area (Å²) in [5.41, 5.74) is 2.73. The first kappa shape index (κ1) is 18.1. The summed E-state index contributed by atoms with van der Waals surface area (Å²) < 4.78 is 10.3. The van der Waals surface area contributed by atoms with E-state index >= 15 is 0 Å². The number of carbonyl (C=O) groups is 2. The van der Waals surface area contributed by atoms with Crippen LogP contribution in [0.15, 0.2) is 54.6 Å². The lowest BCUT2D eigenvalue weighted by atomic mass is 10.0. The molecule has 1 aliphatic heterocycles. The first-order chi connectivity index (χ1) is 12.7. The van der Waals surface area contributed by atoms with Crippen molar-refractivity contribution >= 4 is 17.6 Å². The van der Waals surface area contributed by atoms with Gasteiger partial charge in [-0.2, -0.15) is 0 Å². The molecule has 1 amide bonds. The molecule has 26 heavy (non-hydrogen) atoms. The third-order valence-electron chi connectivity index (χ3n) is 4.44. The number of hydrogen-bond acceptors (Lipinski definition) is 4. The van der Waals surface area contributed by atoms with Crippen LogP contribution in [0, 0.1) is 0 Å². The van der Waals surface area contributed by atoms with Gasteiger partial charge in [-0.1, -0.05) is 42.5 Å². The van der Waals surface area contributed by atoms with Crippen molar-refractivity contribution in [1.82, 2.24) is 0 Å². The summed E-state index contributed by atoms with van der Waals surface area (Å²) in [6.45, 7) is 0.896. The van der Waals surface area contributed by atoms with Gasteiger partial charge in [-0.3, -0.25) is 9.69 Å². The van der Waals surface area contributed by atoms with Crippen molar-refractivity contribution in [2.45, 2.75) is 25.4 Å². The van der Waals surface area contributed by atoms with E-state index < -0.39 is 0 Å². The minimum absolute atomic E-state index is 0.172. The standard InChI is InChI=1S/C21H23NO4/c1-25-15-19-14-22(21(24)26-19)18-12-10-16(11-13-18)6-5-9-20(23)17-7-3-2-4-8-17/h2-4,7-8,10-13,19H,5-6,9,14-15H2,1H3. The molecule has 136 valence electrons. The van der Waals surface area contributed by atoms with Gasteiger partial charge >= 0.3 is 6.09 Å². The monoisotopic (exact) mass is 353 g/mol. The quantitative estimate of drug-likeness (QED) is 0.676. The number of ether oxygens (including phenoxy) is 2. The Labute approximate surface area is 153 Å². The molecule has 1 fully saturated rings. The molecule has 1 aliphatic rings. The summed E-state index contributed by atoms with van der Waals surface area (Å²) in [6, 6.07) is 17.2. The Bertz CT molecular complexity index is 742. The number of rotatable bonds is 8. The Morgan fingerprint density at radius 1 is 1.15 bits per heavy atom. The Morgan fingerprint density at radius 3 is 2.58 bits per heavy atom. The summed E-state index contributed by atoms with van der Waals surface area (Å²) in [4.78, 5) is 25.7. The Hall–Kier alpha value is -2.66. The van der Waals surface area contributed by atoms with E-state index in [1.807, 2.05) is 54.6 Å². The normalized spacial score (nSPS) is 16.6. The van der Waals surface area contributed by atoms with Crippen LogP contribution in [0.4, 0.5) is 10.5 Å². The van der Waals surface area contributed by atoms with Crippen molar-refractivity contribution in [3.8, 4) is 0 Å². The van der Waals surface area contributed by atoms with Gasteiger partial charge in [0, 0.05) is 24.8 Å². The van der Waals surface area contributed by atoms with Crippen LogP contribution in [0.2, 0.25) is 0 Å². The molecule has 0 bridgehead atoms. The molecule has 1 atom stereocenters. The van der Waals surface area contributed by atoms with Gasteiger partial charge in [0.25, 0.3) is 0 Å². The first-order valence-electron chi connectivity index (χ1n) is 8.81. The highest BCUT2D eigenvalue weighted by Gasteiger charge is 2.32. The topological polar surface area (TPSA) is 55.8 Å². The maximum absolute atomic E-state index is 12.1. The molecule has 2 aromatic carbocycles. The maximum atomic E-state index is 12.1. The molecule has 0 N–H and O–H groups in total. The van der Waals surface area contributed by atoms with Crippen LogP contribution in [0.5, 0.6) is 0 Å². The van der Waals surface area contributed by atoms with Gasteiger partial charge in [0.05, 0.1) is 13.2 Å². The second-order valence-corrected chi connectivity index (χ2v) is 6.38. The van der Waals surface area contributed by atoms with Crippen molar-refractivity contribution in [2.24, 2.45) is 0 Å². The van der Waals surface area contributed by atoms with Crippen LogP contribution in [0.3, 0.4) is 0 Å². The summed E-state index contributed by atoms with van der Waals surface area (Å²) in [6.07, 6.45) is 1.59. The van der Waals surface area contributed by atoms with Crippen molar-refractivity contribution in [2.75, 3.05) is 25.2 Å². The highest BCUT2D eigenvalue weighted by Crippen LogP contribution is 2.22. The molecule has 5 heteroatoms. The molecule has 0 spiro atoms. The average Bonchev–Trinajstić information content (AvgIpc) is 3.03. The van der Waals surface area contributed by atoms with Gasteiger partial charge in [-0.05, 0) is 30.5 Å². The summed E-state index contributed by atoms with van der Waals surface area (Å²) in [7, 11) is 1.59. The van der Waals surface area contributed by atoms with Gasteiger partial charge in [0.2, 0.25) is 0 Å². The van der Waals surface area contributed by atoms with Crippen LogP contribution in [0.25, 0.3) is 0 Å². The fourth-order valence-corrected chi connectivity index (χ4v) is 3.07. The molecule has 0 aliphatic carbocycles. The molecule has 1 saturated heterocycles. The van der Waals surface area contributed by atoms with Crippen LogP contribution in [-0.4, -0.2) is 38.2 Å². The highest BCUT2D eigenvalue weighted by molar-refractivity contribution is 5.96. The molecule has 1 unspecified atom stereocenters. The van der Waals surface area contributed by atoms with Crippen LogP contribution >= 0.6 is 0 Å². The second-order valence-electron chi connectivity index (χ2n) is 6.38. The van der Waals surface area contributed by atoms with Crippen LogP contribution in [0.1, 0.15) is 28.8 Å². The maximum Gasteiger partial charge on any atom is 0.414 e. The number of amides is 1. The van der Waals surface area contributed by atoms with Gasteiger partial charge in [-0.25, -0.2) is 4.79 Å². The minimum atomic E-state index is -0.340. The predicted octanol–water partition coefficient (Wildman–Crippen LogP) is 3.86. The van der Waals surface area contributed by atoms with Crippen molar-refractivity contribution in [3.05, 3.63) is 65.7 Å². The predicted molar refractivity (Wildman–Crippen MR) is 99.6 cm³/mol. The number of cyclic esters (lactones) is 1. The minimum Gasteiger partial charge on any atom is -0.441 e. The lowest BCUT2D eigenvalue weighted by molar-refractivity contribution is 0.0718. The van der Waals surface area contributed by atoms with E-state index in [2.05, 4.69) is 0 Å². The van der Waals surface area contributed by atoms with E-state index in [1.54, 1.807) is 12.0 Å². The van der Waals surface area contributed by atoms with Gasteiger partial charge in [0.15, 0.2) is 5.78 Å². The smallest absolute Gasteiger partial charge is 0.414 e. The van der Waals surface area contributed by atoms with E-state index in [0.29, 0.717) is 19.6 Å². The average molecular weight is 353 g/mol. The van der Waals surface area contributed by atoms with Crippen molar-refractivity contribution in [3.63, 3.8) is 0 Å². The van der Waals surface area contributed by atoms with Crippen molar-refractivity contribution in [1.29, 1.82) is 0 Å². The summed E-state index contributed by atoms with van der Waals surface area (Å²) in [5, 5.41) is 0. The third-order valence-corrected chi connectivity index (χ3v) is 4.44. The number of Topliss-reactive ketones (excluding diaryl/α,β-unsaturated/α-hetero) is 1. The van der Waals surface area contributed by atoms with Gasteiger partial charge < -0.3 is 9.47 Å². The number of anilines is 1. The lowest BCUT2D eigenvalue weighted by Gasteiger charge is -2.13. The fourth-order valence-electron chi connectivity index (χ4n) is 3.07. The third kappa shape index (κ3) is 4.49. The summed E-state index contributed by atoms with van der Waals surface area (Å²) >= 11 is 0. The molecule has 2 aromatic rings. The highest BCUT2D eigenvalue weighted by atomic mass is 16.6. The van der Waals surface area contributed by atoms with Gasteiger partial charge in [-0.15, -0.1) is 0 Å². The largest absolute Gasteiger partial charge is 0.441 e. The number of aryl methyl sites for hydroxylation is 1. The number of methoxy groups -OCH3 is 1. The molecule has 5 nitrogen and oxygen atoms in total. The molecule has 0 aromatic heterocycles. The number of ketones is 1. The number of benzene rings is 2.